The number of aliphatic imine (C=N–C) groups is 1. The third-order valence-corrected chi connectivity index (χ3v) is 7.56. The molecule has 1 heterocycles. The standard InChI is InChI=1S/C30H29ClN4O4S/c1-30(2,3)39-29(36)35(40(37,38)25-12-8-5-9-13-25)28(32)34-20-21-18-26(22-14-16-24(31)17-15-22)27(33-19-21)23-10-6-4-7-11-23/h4-19H,20H2,1-3H3,(H2,32,34). The van der Waals surface area contributed by atoms with E-state index in [0.717, 1.165) is 22.4 Å². The molecule has 40 heavy (non-hydrogen) atoms. The molecule has 0 atom stereocenters. The summed E-state index contributed by atoms with van der Waals surface area (Å²) in [4.78, 5) is 21.9. The summed E-state index contributed by atoms with van der Waals surface area (Å²) in [6, 6.07) is 26.5. The van der Waals surface area contributed by atoms with Crippen LogP contribution in [0.3, 0.4) is 0 Å². The van der Waals surface area contributed by atoms with E-state index in [-0.39, 0.29) is 11.4 Å². The van der Waals surface area contributed by atoms with Crippen molar-refractivity contribution in [3.63, 3.8) is 0 Å². The highest BCUT2D eigenvalue weighted by atomic mass is 35.5. The molecule has 0 saturated heterocycles. The van der Waals surface area contributed by atoms with Crippen molar-refractivity contribution in [3.8, 4) is 22.4 Å². The third kappa shape index (κ3) is 6.86. The van der Waals surface area contributed by atoms with Crippen LogP contribution in [-0.2, 0) is 21.3 Å². The molecule has 0 unspecified atom stereocenters. The van der Waals surface area contributed by atoms with Crippen LogP contribution >= 0.6 is 11.6 Å². The van der Waals surface area contributed by atoms with Gasteiger partial charge in [0.15, 0.2) is 0 Å². The summed E-state index contributed by atoms with van der Waals surface area (Å²) in [5.74, 6) is -0.529. The first-order valence-electron chi connectivity index (χ1n) is 12.4. The average Bonchev–Trinajstić information content (AvgIpc) is 2.92. The minimum atomic E-state index is -4.40. The molecule has 0 saturated carbocycles. The molecule has 8 nitrogen and oxygen atoms in total. The number of nitrogens with zero attached hydrogens (tertiary/aromatic N) is 3. The lowest BCUT2D eigenvalue weighted by molar-refractivity contribution is 0.0463. The Labute approximate surface area is 239 Å². The van der Waals surface area contributed by atoms with E-state index in [2.05, 4.69) is 9.98 Å². The third-order valence-electron chi connectivity index (χ3n) is 5.62. The quantitative estimate of drug-likeness (QED) is 0.207. The van der Waals surface area contributed by atoms with Gasteiger partial charge in [-0.05, 0) is 62.2 Å². The number of sulfonamides is 1. The maximum atomic E-state index is 13.4. The number of nitrogens with two attached hydrogens (primary N) is 1. The Balaban J connectivity index is 1.73. The zero-order valence-electron chi connectivity index (χ0n) is 22.3. The maximum absolute atomic E-state index is 13.4. The highest BCUT2D eigenvalue weighted by molar-refractivity contribution is 7.90. The number of rotatable bonds is 6. The van der Waals surface area contributed by atoms with E-state index in [4.69, 9.17) is 22.1 Å². The van der Waals surface area contributed by atoms with E-state index >= 15 is 0 Å². The Morgan fingerprint density at radius 2 is 1.55 bits per heavy atom. The van der Waals surface area contributed by atoms with Gasteiger partial charge < -0.3 is 10.5 Å². The number of benzene rings is 3. The predicted octanol–water partition coefficient (Wildman–Crippen LogP) is 6.51. The number of pyridine rings is 1. The van der Waals surface area contributed by atoms with Crippen LogP contribution in [0.5, 0.6) is 0 Å². The van der Waals surface area contributed by atoms with Crippen molar-refractivity contribution >= 4 is 33.7 Å². The molecule has 0 aliphatic carbocycles. The number of halogens is 1. The zero-order chi connectivity index (χ0) is 28.9. The largest absolute Gasteiger partial charge is 0.443 e. The Hall–Kier alpha value is -4.21. The number of carbonyl (C=O) groups is 1. The van der Waals surface area contributed by atoms with Gasteiger partial charge in [0.2, 0.25) is 5.96 Å². The number of carbonyl (C=O) groups excluding carboxylic acids is 1. The first-order valence-corrected chi connectivity index (χ1v) is 14.2. The van der Waals surface area contributed by atoms with Crippen molar-refractivity contribution in [2.45, 2.75) is 37.8 Å². The number of ether oxygens (including phenoxy) is 1. The van der Waals surface area contributed by atoms with Crippen LogP contribution in [0.2, 0.25) is 5.02 Å². The molecule has 4 aromatic rings. The van der Waals surface area contributed by atoms with Gasteiger partial charge in [-0.15, -0.1) is 4.31 Å². The van der Waals surface area contributed by atoms with Crippen molar-refractivity contribution in [2.75, 3.05) is 0 Å². The smallest absolute Gasteiger partial charge is 0.431 e. The second-order valence-electron chi connectivity index (χ2n) is 9.85. The van der Waals surface area contributed by atoms with E-state index in [0.29, 0.717) is 14.9 Å². The summed E-state index contributed by atoms with van der Waals surface area (Å²) < 4.78 is 32.6. The second-order valence-corrected chi connectivity index (χ2v) is 12.1. The van der Waals surface area contributed by atoms with Crippen LogP contribution < -0.4 is 5.73 Å². The summed E-state index contributed by atoms with van der Waals surface area (Å²) in [5.41, 5.74) is 9.23. The van der Waals surface area contributed by atoms with Gasteiger partial charge in [-0.25, -0.2) is 18.2 Å². The second kappa shape index (κ2) is 11.9. The molecule has 0 bridgehead atoms. The van der Waals surface area contributed by atoms with Crippen LogP contribution in [0.15, 0.2) is 107 Å². The molecule has 0 spiro atoms. The van der Waals surface area contributed by atoms with E-state index in [1.54, 1.807) is 57.3 Å². The fraction of sp³-hybridized carbons (Fsp3) is 0.167. The van der Waals surface area contributed by atoms with Crippen molar-refractivity contribution in [1.29, 1.82) is 0 Å². The topological polar surface area (TPSA) is 115 Å². The summed E-state index contributed by atoms with van der Waals surface area (Å²) in [6.07, 6.45) is 0.485. The number of amides is 1. The summed E-state index contributed by atoms with van der Waals surface area (Å²) in [6.45, 7) is 4.84. The Bertz CT molecular complexity index is 1620. The molecule has 0 fully saturated rings. The summed E-state index contributed by atoms with van der Waals surface area (Å²) in [7, 11) is -4.40. The van der Waals surface area contributed by atoms with Crippen molar-refractivity contribution in [3.05, 3.63) is 108 Å². The summed E-state index contributed by atoms with van der Waals surface area (Å²) >= 11 is 6.11. The normalized spacial score (nSPS) is 12.2. The van der Waals surface area contributed by atoms with Gasteiger partial charge in [0.05, 0.1) is 17.1 Å². The summed E-state index contributed by atoms with van der Waals surface area (Å²) in [5, 5.41) is 0.605. The van der Waals surface area contributed by atoms with Gasteiger partial charge in [0, 0.05) is 22.3 Å². The van der Waals surface area contributed by atoms with E-state index < -0.39 is 27.7 Å². The fourth-order valence-corrected chi connectivity index (χ4v) is 5.20. The van der Waals surface area contributed by atoms with Gasteiger partial charge >= 0.3 is 6.09 Å². The molecule has 206 valence electrons. The van der Waals surface area contributed by atoms with Crippen molar-refractivity contribution in [2.24, 2.45) is 10.7 Å². The van der Waals surface area contributed by atoms with Gasteiger partial charge in [-0.1, -0.05) is 72.3 Å². The lowest BCUT2D eigenvalue weighted by atomic mass is 9.98. The number of aromatic nitrogens is 1. The molecule has 2 N–H and O–H groups in total. The molecule has 1 aromatic heterocycles. The predicted molar refractivity (Wildman–Crippen MR) is 157 cm³/mol. The lowest BCUT2D eigenvalue weighted by Crippen LogP contribution is -2.48. The van der Waals surface area contributed by atoms with Crippen molar-refractivity contribution < 1.29 is 17.9 Å². The molecule has 4 rings (SSSR count). The van der Waals surface area contributed by atoms with E-state index in [9.17, 15) is 13.2 Å². The van der Waals surface area contributed by atoms with Crippen LogP contribution in [-0.4, -0.2) is 35.4 Å². The zero-order valence-corrected chi connectivity index (χ0v) is 23.9. The molecule has 0 aliphatic heterocycles. The maximum Gasteiger partial charge on any atom is 0.431 e. The van der Waals surface area contributed by atoms with Gasteiger partial charge in [0.1, 0.15) is 5.60 Å². The lowest BCUT2D eigenvalue weighted by Gasteiger charge is -2.26. The van der Waals surface area contributed by atoms with Gasteiger partial charge in [-0.3, -0.25) is 4.98 Å². The van der Waals surface area contributed by atoms with Crippen LogP contribution in [0, 0.1) is 0 Å². The van der Waals surface area contributed by atoms with Crippen LogP contribution in [0.4, 0.5) is 4.79 Å². The SMILES string of the molecule is CC(C)(C)OC(=O)N(C(N)=NCc1cnc(-c2ccccc2)c(-c2ccc(Cl)cc2)c1)S(=O)(=O)c1ccccc1. The molecule has 0 aliphatic rings. The molecule has 1 amide bonds. The van der Waals surface area contributed by atoms with E-state index in [1.165, 1.54) is 12.1 Å². The van der Waals surface area contributed by atoms with Gasteiger partial charge in [-0.2, -0.15) is 0 Å². The molecular weight excluding hydrogens is 548 g/mol. The fourth-order valence-electron chi connectivity index (χ4n) is 3.82. The minimum absolute atomic E-state index is 0.0436. The number of hydrogen-bond acceptors (Lipinski definition) is 6. The Morgan fingerprint density at radius 3 is 2.15 bits per heavy atom. The molecule has 0 radical (unpaired) electrons. The molecule has 3 aromatic carbocycles. The highest BCUT2D eigenvalue weighted by Crippen LogP contribution is 2.32. The van der Waals surface area contributed by atoms with Crippen molar-refractivity contribution in [1.82, 2.24) is 9.29 Å². The van der Waals surface area contributed by atoms with Crippen LogP contribution in [0.25, 0.3) is 22.4 Å². The molecular formula is C30H29ClN4O4S. The highest BCUT2D eigenvalue weighted by Gasteiger charge is 2.36. The Morgan fingerprint density at radius 1 is 0.950 bits per heavy atom. The first-order chi connectivity index (χ1) is 19.0. The monoisotopic (exact) mass is 576 g/mol. The van der Waals surface area contributed by atoms with E-state index in [1.807, 2.05) is 48.5 Å². The first kappa shape index (κ1) is 28.8. The molecule has 10 heteroatoms. The number of guanidine groups is 1. The van der Waals surface area contributed by atoms with Crippen LogP contribution in [0.1, 0.15) is 26.3 Å². The van der Waals surface area contributed by atoms with Gasteiger partial charge in [0.25, 0.3) is 10.0 Å². The minimum Gasteiger partial charge on any atom is -0.443 e. The Kier molecular flexibility index (Phi) is 8.56. The average molecular weight is 577 g/mol. The number of hydrogen-bond donors (Lipinski definition) is 1.